The van der Waals surface area contributed by atoms with Crippen LogP contribution in [0.15, 0.2) is 16.7 Å². The molecule has 0 saturated carbocycles. The summed E-state index contributed by atoms with van der Waals surface area (Å²) >= 11 is 5.86. The molecule has 0 radical (unpaired) electrons. The van der Waals surface area contributed by atoms with Gasteiger partial charge in [-0.2, -0.15) is 0 Å². The summed E-state index contributed by atoms with van der Waals surface area (Å²) in [6, 6.07) is 2.72. The van der Waals surface area contributed by atoms with Crippen LogP contribution in [0.2, 0.25) is 5.02 Å². The van der Waals surface area contributed by atoms with Crippen LogP contribution in [0.5, 0.6) is 11.5 Å². The van der Waals surface area contributed by atoms with Crippen molar-refractivity contribution in [2.45, 2.75) is 25.7 Å². The second-order valence-corrected chi connectivity index (χ2v) is 4.87. The number of phenolic OH excluding ortho intramolecular Hbond substituents is 2. The monoisotopic (exact) mass is 301 g/mol. The topological polar surface area (TPSA) is 66.5 Å². The van der Waals surface area contributed by atoms with E-state index in [-0.39, 0.29) is 28.9 Å². The third-order valence-corrected chi connectivity index (χ3v) is 3.57. The lowest BCUT2D eigenvalue weighted by atomic mass is 9.94. The Morgan fingerprint density at radius 1 is 1.11 bits per heavy atom. The third-order valence-electron chi connectivity index (χ3n) is 3.27. The van der Waals surface area contributed by atoms with Gasteiger partial charge in [-0.3, -0.25) is 0 Å². The third kappa shape index (κ3) is 2.38. The number of phenols is 2. The zero-order chi connectivity index (χ0) is 12.7. The number of aromatic hydroxyl groups is 2. The second kappa shape index (κ2) is 5.31. The molecule has 0 amide bonds. The Balaban J connectivity index is 0.00000133. The molecule has 2 aromatic rings. The molecule has 0 atom stereocenters. The van der Waals surface area contributed by atoms with Gasteiger partial charge in [0.2, 0.25) is 0 Å². The van der Waals surface area contributed by atoms with Crippen molar-refractivity contribution in [2.75, 3.05) is 0 Å². The van der Waals surface area contributed by atoms with E-state index in [4.69, 9.17) is 16.1 Å². The molecule has 6 heteroatoms. The van der Waals surface area contributed by atoms with Crippen LogP contribution in [0, 0.1) is 0 Å². The zero-order valence-corrected chi connectivity index (χ0v) is 11.6. The van der Waals surface area contributed by atoms with Crippen LogP contribution >= 0.6 is 24.0 Å². The standard InChI is InChI=1S/C13H12ClNO3.ClH/c14-9-5-8(11(16)6-12(9)17)13-7-3-1-2-4-10(7)15-18-13;/h5-6,16-17H,1-4H2;1H. The largest absolute Gasteiger partial charge is 0.507 e. The predicted molar refractivity (Wildman–Crippen MR) is 74.2 cm³/mol. The maximum atomic E-state index is 9.88. The number of aryl methyl sites for hydroxylation is 1. The van der Waals surface area contributed by atoms with Crippen LogP contribution in [0.1, 0.15) is 24.1 Å². The van der Waals surface area contributed by atoms with E-state index in [1.165, 1.54) is 12.1 Å². The summed E-state index contributed by atoms with van der Waals surface area (Å²) in [7, 11) is 0. The number of rotatable bonds is 1. The molecule has 1 aliphatic rings. The Morgan fingerprint density at radius 2 is 1.84 bits per heavy atom. The maximum Gasteiger partial charge on any atom is 0.174 e. The molecular weight excluding hydrogens is 289 g/mol. The Bertz CT molecular complexity index is 610. The predicted octanol–water partition coefficient (Wildman–Crippen LogP) is 3.71. The second-order valence-electron chi connectivity index (χ2n) is 4.46. The summed E-state index contributed by atoms with van der Waals surface area (Å²) in [5.74, 6) is 0.358. The van der Waals surface area contributed by atoms with Gasteiger partial charge in [0, 0.05) is 11.6 Å². The molecule has 0 spiro atoms. The minimum atomic E-state index is -0.147. The van der Waals surface area contributed by atoms with E-state index in [1.807, 2.05) is 0 Å². The lowest BCUT2D eigenvalue weighted by molar-refractivity contribution is 0.416. The van der Waals surface area contributed by atoms with Gasteiger partial charge < -0.3 is 14.7 Å². The van der Waals surface area contributed by atoms with Gasteiger partial charge in [-0.1, -0.05) is 16.8 Å². The molecule has 0 saturated heterocycles. The minimum Gasteiger partial charge on any atom is -0.507 e. The van der Waals surface area contributed by atoms with Gasteiger partial charge in [0.25, 0.3) is 0 Å². The number of benzene rings is 1. The first kappa shape index (κ1) is 14.0. The molecule has 102 valence electrons. The van der Waals surface area contributed by atoms with E-state index >= 15 is 0 Å². The zero-order valence-electron chi connectivity index (χ0n) is 10.0. The van der Waals surface area contributed by atoms with Crippen LogP contribution < -0.4 is 0 Å². The average Bonchev–Trinajstić information content (AvgIpc) is 2.78. The number of aromatic nitrogens is 1. The van der Waals surface area contributed by atoms with Crippen molar-refractivity contribution in [3.05, 3.63) is 28.4 Å². The molecule has 1 aromatic heterocycles. The highest BCUT2D eigenvalue weighted by atomic mass is 35.5. The fourth-order valence-corrected chi connectivity index (χ4v) is 2.50. The van der Waals surface area contributed by atoms with Crippen LogP contribution in [-0.2, 0) is 12.8 Å². The van der Waals surface area contributed by atoms with Crippen molar-refractivity contribution in [1.29, 1.82) is 0 Å². The van der Waals surface area contributed by atoms with Gasteiger partial charge in [0.15, 0.2) is 5.76 Å². The Morgan fingerprint density at radius 3 is 2.63 bits per heavy atom. The number of fused-ring (bicyclic) bond motifs is 1. The van der Waals surface area contributed by atoms with Crippen LogP contribution in [-0.4, -0.2) is 15.4 Å². The van der Waals surface area contributed by atoms with E-state index in [0.717, 1.165) is 36.9 Å². The summed E-state index contributed by atoms with van der Waals surface area (Å²) < 4.78 is 5.33. The lowest BCUT2D eigenvalue weighted by Crippen LogP contribution is -2.01. The smallest absolute Gasteiger partial charge is 0.174 e. The van der Waals surface area contributed by atoms with Crippen LogP contribution in [0.4, 0.5) is 0 Å². The first-order chi connectivity index (χ1) is 8.66. The molecule has 0 aliphatic heterocycles. The van der Waals surface area contributed by atoms with Gasteiger partial charge in [-0.15, -0.1) is 12.4 Å². The Kier molecular flexibility index (Phi) is 3.92. The van der Waals surface area contributed by atoms with Gasteiger partial charge >= 0.3 is 0 Å². The van der Waals surface area contributed by atoms with E-state index < -0.39 is 0 Å². The molecule has 0 bridgehead atoms. The normalized spacial score (nSPS) is 13.7. The lowest BCUT2D eigenvalue weighted by Gasteiger charge is -2.10. The van der Waals surface area contributed by atoms with E-state index in [1.54, 1.807) is 0 Å². The van der Waals surface area contributed by atoms with Gasteiger partial charge in [0.1, 0.15) is 11.5 Å². The molecule has 3 rings (SSSR count). The van der Waals surface area contributed by atoms with Crippen LogP contribution in [0.3, 0.4) is 0 Å². The number of nitrogens with zero attached hydrogens (tertiary/aromatic N) is 1. The summed E-state index contributed by atoms with van der Waals surface area (Å²) in [5, 5.41) is 23.5. The number of hydrogen-bond donors (Lipinski definition) is 2. The molecule has 2 N–H and O–H groups in total. The fourth-order valence-electron chi connectivity index (χ4n) is 2.33. The highest BCUT2D eigenvalue weighted by Crippen LogP contribution is 2.40. The summed E-state index contributed by atoms with van der Waals surface area (Å²) in [6.07, 6.45) is 4.01. The van der Waals surface area contributed by atoms with Gasteiger partial charge in [0.05, 0.1) is 16.3 Å². The van der Waals surface area contributed by atoms with Crippen molar-refractivity contribution >= 4 is 24.0 Å². The van der Waals surface area contributed by atoms with Crippen molar-refractivity contribution in [3.63, 3.8) is 0 Å². The average molecular weight is 302 g/mol. The molecule has 1 aromatic carbocycles. The van der Waals surface area contributed by atoms with Crippen molar-refractivity contribution in [2.24, 2.45) is 0 Å². The van der Waals surface area contributed by atoms with E-state index in [9.17, 15) is 10.2 Å². The fraction of sp³-hybridized carbons (Fsp3) is 0.308. The first-order valence-corrected chi connectivity index (χ1v) is 6.24. The molecule has 0 fully saturated rings. The SMILES string of the molecule is Cl.Oc1cc(O)c(-c2onc3c2CCCC3)cc1Cl. The van der Waals surface area contributed by atoms with Crippen molar-refractivity contribution in [1.82, 2.24) is 5.16 Å². The molecule has 1 aliphatic carbocycles. The molecular formula is C13H13Cl2NO3. The summed E-state index contributed by atoms with van der Waals surface area (Å²) in [6.45, 7) is 0. The number of hydrogen-bond acceptors (Lipinski definition) is 4. The van der Waals surface area contributed by atoms with Gasteiger partial charge in [-0.25, -0.2) is 0 Å². The molecule has 0 unspecified atom stereocenters. The highest BCUT2D eigenvalue weighted by Gasteiger charge is 2.23. The quantitative estimate of drug-likeness (QED) is 0.842. The summed E-state index contributed by atoms with van der Waals surface area (Å²) in [5.41, 5.74) is 2.48. The van der Waals surface area contributed by atoms with E-state index in [0.29, 0.717) is 11.3 Å². The molecule has 19 heavy (non-hydrogen) atoms. The maximum absolute atomic E-state index is 9.88. The minimum absolute atomic E-state index is 0. The Hall–Kier alpha value is -1.39. The van der Waals surface area contributed by atoms with Crippen molar-refractivity contribution < 1.29 is 14.7 Å². The first-order valence-electron chi connectivity index (χ1n) is 5.86. The van der Waals surface area contributed by atoms with Crippen LogP contribution in [0.25, 0.3) is 11.3 Å². The molecule has 4 nitrogen and oxygen atoms in total. The Labute approximate surface area is 121 Å². The summed E-state index contributed by atoms with van der Waals surface area (Å²) in [4.78, 5) is 0. The highest BCUT2D eigenvalue weighted by molar-refractivity contribution is 6.32. The van der Waals surface area contributed by atoms with Gasteiger partial charge in [-0.05, 0) is 31.7 Å². The molecule has 1 heterocycles. The van der Waals surface area contributed by atoms with Crippen molar-refractivity contribution in [3.8, 4) is 22.8 Å². The van der Waals surface area contributed by atoms with E-state index in [2.05, 4.69) is 5.16 Å². The number of halogens is 2.